The third-order valence-electron chi connectivity index (χ3n) is 4.31. The molecule has 0 aliphatic rings. The molecule has 6 nitrogen and oxygen atoms in total. The lowest BCUT2D eigenvalue weighted by molar-refractivity contribution is -0.118. The molecule has 0 aliphatic heterocycles. The van der Waals surface area contributed by atoms with Gasteiger partial charge in [-0.05, 0) is 43.2 Å². The van der Waals surface area contributed by atoms with Gasteiger partial charge in [0.2, 0.25) is 5.91 Å². The number of oxazole rings is 1. The van der Waals surface area contributed by atoms with E-state index in [2.05, 4.69) is 15.6 Å². The molecule has 0 radical (unpaired) electrons. The van der Waals surface area contributed by atoms with E-state index in [1.54, 1.807) is 37.3 Å². The van der Waals surface area contributed by atoms with E-state index in [-0.39, 0.29) is 17.7 Å². The van der Waals surface area contributed by atoms with Gasteiger partial charge in [-0.2, -0.15) is 0 Å². The Hall–Kier alpha value is -3.15. The Morgan fingerprint density at radius 1 is 1.04 bits per heavy atom. The number of benzene rings is 2. The van der Waals surface area contributed by atoms with Gasteiger partial charge in [-0.25, -0.2) is 4.98 Å². The zero-order valence-corrected chi connectivity index (χ0v) is 15.9. The lowest BCUT2D eigenvalue weighted by Crippen LogP contribution is -2.47. The lowest BCUT2D eigenvalue weighted by Gasteiger charge is -2.21. The van der Waals surface area contributed by atoms with E-state index in [4.69, 9.17) is 4.42 Å². The highest BCUT2D eigenvalue weighted by atomic mass is 16.3. The Labute approximate surface area is 158 Å². The van der Waals surface area contributed by atoms with Gasteiger partial charge in [-0.1, -0.05) is 31.5 Å². The SMILES string of the molecule is Cc1ccc(C(=O)N[C@H](C(=O)Nc2ccc3oc(C)nc3c2)C(C)C)cc1. The zero-order valence-electron chi connectivity index (χ0n) is 15.9. The third kappa shape index (κ3) is 4.34. The van der Waals surface area contributed by atoms with Crippen molar-refractivity contribution in [3.8, 4) is 0 Å². The first-order valence-corrected chi connectivity index (χ1v) is 8.89. The van der Waals surface area contributed by atoms with Crippen LogP contribution in [0.3, 0.4) is 0 Å². The molecule has 0 saturated carbocycles. The van der Waals surface area contributed by atoms with E-state index in [1.165, 1.54) is 0 Å². The lowest BCUT2D eigenvalue weighted by atomic mass is 10.0. The first-order chi connectivity index (χ1) is 12.8. The van der Waals surface area contributed by atoms with Gasteiger partial charge in [0.25, 0.3) is 5.91 Å². The highest BCUT2D eigenvalue weighted by Crippen LogP contribution is 2.20. The first-order valence-electron chi connectivity index (χ1n) is 8.89. The number of hydrogen-bond donors (Lipinski definition) is 2. The quantitative estimate of drug-likeness (QED) is 0.719. The molecule has 0 fully saturated rings. The molecule has 0 unspecified atom stereocenters. The number of nitrogens with one attached hydrogen (secondary N) is 2. The van der Waals surface area contributed by atoms with Crippen molar-refractivity contribution in [2.24, 2.45) is 5.92 Å². The van der Waals surface area contributed by atoms with Gasteiger partial charge in [0.1, 0.15) is 11.6 Å². The maximum Gasteiger partial charge on any atom is 0.251 e. The monoisotopic (exact) mass is 365 g/mol. The Bertz CT molecular complexity index is 974. The van der Waals surface area contributed by atoms with Crippen molar-refractivity contribution < 1.29 is 14.0 Å². The van der Waals surface area contributed by atoms with Crippen LogP contribution in [0.25, 0.3) is 11.1 Å². The van der Waals surface area contributed by atoms with E-state index in [1.807, 2.05) is 32.9 Å². The first kappa shape index (κ1) is 18.6. The Kier molecular flexibility index (Phi) is 5.26. The third-order valence-corrected chi connectivity index (χ3v) is 4.31. The van der Waals surface area contributed by atoms with Gasteiger partial charge < -0.3 is 15.1 Å². The van der Waals surface area contributed by atoms with Gasteiger partial charge in [-0.3, -0.25) is 9.59 Å². The Morgan fingerprint density at radius 2 is 1.74 bits per heavy atom. The summed E-state index contributed by atoms with van der Waals surface area (Å²) in [5, 5.41) is 5.68. The van der Waals surface area contributed by atoms with Crippen molar-refractivity contribution in [3.63, 3.8) is 0 Å². The number of carbonyl (C=O) groups excluding carboxylic acids is 2. The minimum atomic E-state index is -0.659. The van der Waals surface area contributed by atoms with Crippen LogP contribution in [-0.4, -0.2) is 22.8 Å². The van der Waals surface area contributed by atoms with Crippen molar-refractivity contribution in [1.82, 2.24) is 10.3 Å². The van der Waals surface area contributed by atoms with Crippen LogP contribution < -0.4 is 10.6 Å². The number of anilines is 1. The van der Waals surface area contributed by atoms with Crippen molar-refractivity contribution in [2.75, 3.05) is 5.32 Å². The normalized spacial score (nSPS) is 12.2. The minimum absolute atomic E-state index is 0.0718. The van der Waals surface area contributed by atoms with E-state index < -0.39 is 6.04 Å². The van der Waals surface area contributed by atoms with E-state index in [0.717, 1.165) is 5.56 Å². The number of fused-ring (bicyclic) bond motifs is 1. The van der Waals surface area contributed by atoms with Crippen LogP contribution in [0.1, 0.15) is 35.7 Å². The van der Waals surface area contributed by atoms with E-state index in [9.17, 15) is 9.59 Å². The van der Waals surface area contributed by atoms with Crippen molar-refractivity contribution >= 4 is 28.6 Å². The van der Waals surface area contributed by atoms with Gasteiger partial charge in [-0.15, -0.1) is 0 Å². The molecular formula is C21H23N3O3. The summed E-state index contributed by atoms with van der Waals surface area (Å²) < 4.78 is 5.44. The molecule has 2 N–H and O–H groups in total. The molecule has 2 aromatic carbocycles. The van der Waals surface area contributed by atoms with Crippen LogP contribution >= 0.6 is 0 Å². The van der Waals surface area contributed by atoms with Gasteiger partial charge in [0.05, 0.1) is 0 Å². The fraction of sp³-hybridized carbons (Fsp3) is 0.286. The predicted molar refractivity (Wildman–Crippen MR) is 105 cm³/mol. The minimum Gasteiger partial charge on any atom is -0.441 e. The van der Waals surface area contributed by atoms with Crippen molar-refractivity contribution in [1.29, 1.82) is 0 Å². The molecule has 1 heterocycles. The summed E-state index contributed by atoms with van der Waals surface area (Å²) >= 11 is 0. The summed E-state index contributed by atoms with van der Waals surface area (Å²) in [6, 6.07) is 11.9. The van der Waals surface area contributed by atoms with Crippen LogP contribution in [0.5, 0.6) is 0 Å². The fourth-order valence-electron chi connectivity index (χ4n) is 2.80. The van der Waals surface area contributed by atoms with E-state index in [0.29, 0.717) is 28.2 Å². The molecule has 0 saturated heterocycles. The summed E-state index contributed by atoms with van der Waals surface area (Å²) in [6.45, 7) is 7.51. The highest BCUT2D eigenvalue weighted by Gasteiger charge is 2.25. The second-order valence-electron chi connectivity index (χ2n) is 6.97. The van der Waals surface area contributed by atoms with Crippen LogP contribution in [0.2, 0.25) is 0 Å². The molecule has 0 bridgehead atoms. The highest BCUT2D eigenvalue weighted by molar-refractivity contribution is 6.01. The topological polar surface area (TPSA) is 84.2 Å². The largest absolute Gasteiger partial charge is 0.441 e. The maximum absolute atomic E-state index is 12.7. The number of amides is 2. The van der Waals surface area contributed by atoms with Crippen LogP contribution in [0.4, 0.5) is 5.69 Å². The zero-order chi connectivity index (χ0) is 19.6. The molecule has 3 aromatic rings. The molecule has 27 heavy (non-hydrogen) atoms. The number of hydrogen-bond acceptors (Lipinski definition) is 4. The number of carbonyl (C=O) groups is 2. The van der Waals surface area contributed by atoms with Crippen LogP contribution in [-0.2, 0) is 4.79 Å². The molecule has 3 rings (SSSR count). The standard InChI is InChI=1S/C21H23N3O3/c1-12(2)19(24-20(25)15-7-5-13(3)6-8-15)21(26)23-16-9-10-18-17(11-16)22-14(4)27-18/h5-12,19H,1-4H3,(H,23,26)(H,24,25)/t19-/m0/s1. The number of rotatable bonds is 5. The number of aryl methyl sites for hydroxylation is 2. The second-order valence-corrected chi connectivity index (χ2v) is 6.97. The van der Waals surface area contributed by atoms with Crippen LogP contribution in [0, 0.1) is 19.8 Å². The fourth-order valence-corrected chi connectivity index (χ4v) is 2.80. The summed E-state index contributed by atoms with van der Waals surface area (Å²) in [5.74, 6) is -0.0484. The van der Waals surface area contributed by atoms with Crippen LogP contribution in [0.15, 0.2) is 46.9 Å². The van der Waals surface area contributed by atoms with E-state index >= 15 is 0 Å². The molecular weight excluding hydrogens is 342 g/mol. The molecule has 0 aliphatic carbocycles. The predicted octanol–water partition coefficient (Wildman–Crippen LogP) is 3.84. The van der Waals surface area contributed by atoms with Gasteiger partial charge in [0, 0.05) is 18.2 Å². The second kappa shape index (κ2) is 7.61. The number of aromatic nitrogens is 1. The number of nitrogens with zero attached hydrogens (tertiary/aromatic N) is 1. The molecule has 6 heteroatoms. The Balaban J connectivity index is 1.73. The van der Waals surface area contributed by atoms with Gasteiger partial charge in [0.15, 0.2) is 11.5 Å². The molecule has 1 atom stereocenters. The smallest absolute Gasteiger partial charge is 0.251 e. The summed E-state index contributed by atoms with van der Waals surface area (Å²) in [6.07, 6.45) is 0. The average Bonchev–Trinajstić information content (AvgIpc) is 2.99. The summed E-state index contributed by atoms with van der Waals surface area (Å²) in [7, 11) is 0. The van der Waals surface area contributed by atoms with Crippen molar-refractivity contribution in [2.45, 2.75) is 33.7 Å². The van der Waals surface area contributed by atoms with Crippen molar-refractivity contribution in [3.05, 3.63) is 59.5 Å². The molecule has 2 amide bonds. The van der Waals surface area contributed by atoms with Gasteiger partial charge >= 0.3 is 0 Å². The molecule has 1 aromatic heterocycles. The maximum atomic E-state index is 12.7. The average molecular weight is 365 g/mol. The summed E-state index contributed by atoms with van der Waals surface area (Å²) in [4.78, 5) is 29.5. The summed E-state index contributed by atoms with van der Waals surface area (Å²) in [5.41, 5.74) is 3.55. The molecule has 0 spiro atoms. The molecule has 140 valence electrons. The Morgan fingerprint density at radius 3 is 2.41 bits per heavy atom.